The van der Waals surface area contributed by atoms with E-state index in [2.05, 4.69) is 16.4 Å². The molecule has 0 amide bonds. The molecule has 1 aliphatic rings. The molecule has 1 N–H and O–H groups in total. The fourth-order valence-corrected chi connectivity index (χ4v) is 3.89. The van der Waals surface area contributed by atoms with Gasteiger partial charge in [-0.25, -0.2) is 4.39 Å². The van der Waals surface area contributed by atoms with Crippen LogP contribution in [0.15, 0.2) is 41.6 Å². The normalized spacial score (nSPS) is 19.1. The summed E-state index contributed by atoms with van der Waals surface area (Å²) in [6.07, 6.45) is 3.96. The number of aromatic nitrogens is 1. The smallest absolute Gasteiger partial charge is 0.141 e. The first kappa shape index (κ1) is 14.8. The van der Waals surface area contributed by atoms with E-state index in [0.29, 0.717) is 0 Å². The Labute approximate surface area is 133 Å². The van der Waals surface area contributed by atoms with Gasteiger partial charge in [-0.3, -0.25) is 4.98 Å². The van der Waals surface area contributed by atoms with E-state index in [1.165, 1.54) is 22.7 Å². The average molecular weight is 323 g/mol. The molecule has 0 aliphatic carbocycles. The first-order valence-electron chi connectivity index (χ1n) is 6.92. The Hall–Kier alpha value is -1.10. The molecule has 5 heteroatoms. The maximum absolute atomic E-state index is 13.3. The molecule has 21 heavy (non-hydrogen) atoms. The van der Waals surface area contributed by atoms with Crippen molar-refractivity contribution in [2.24, 2.45) is 0 Å². The summed E-state index contributed by atoms with van der Waals surface area (Å²) in [5.74, 6) is 0.768. The number of pyridine rings is 1. The van der Waals surface area contributed by atoms with Crippen LogP contribution in [0.4, 0.5) is 4.39 Å². The Morgan fingerprint density at radius 2 is 2.24 bits per heavy atom. The first-order chi connectivity index (χ1) is 10.1. The van der Waals surface area contributed by atoms with Crippen molar-refractivity contribution in [3.8, 4) is 0 Å². The van der Waals surface area contributed by atoms with Crippen LogP contribution in [0, 0.1) is 5.82 Å². The van der Waals surface area contributed by atoms with Crippen LogP contribution < -0.4 is 5.32 Å². The van der Waals surface area contributed by atoms with E-state index in [1.54, 1.807) is 6.20 Å². The fourth-order valence-electron chi connectivity index (χ4n) is 2.60. The summed E-state index contributed by atoms with van der Waals surface area (Å²) >= 11 is 7.98. The van der Waals surface area contributed by atoms with E-state index < -0.39 is 0 Å². The van der Waals surface area contributed by atoms with Gasteiger partial charge in [-0.1, -0.05) is 11.6 Å². The molecule has 0 bridgehead atoms. The Balaban J connectivity index is 1.81. The van der Waals surface area contributed by atoms with E-state index in [9.17, 15) is 4.39 Å². The standard InChI is InChI=1S/C16H16ClFN2S/c1-10(11-6-13(18)9-19-8-11)20-15-4-5-21-16-3-2-12(17)7-14(15)16/h2-3,6-10,15,20H,4-5H2,1H3/t10-,15+/m0/s1. The second kappa shape index (κ2) is 6.34. The van der Waals surface area contributed by atoms with Crippen molar-refractivity contribution in [1.82, 2.24) is 10.3 Å². The number of nitrogens with zero attached hydrogens (tertiary/aromatic N) is 1. The molecular formula is C16H16ClFN2S. The van der Waals surface area contributed by atoms with E-state index in [0.717, 1.165) is 22.8 Å². The third-order valence-corrected chi connectivity index (χ3v) is 5.05. The van der Waals surface area contributed by atoms with Gasteiger partial charge in [0.05, 0.1) is 6.20 Å². The van der Waals surface area contributed by atoms with Crippen molar-refractivity contribution in [2.75, 3.05) is 5.75 Å². The predicted octanol–water partition coefficient (Wildman–Crippen LogP) is 4.76. The number of halogens is 2. The quantitative estimate of drug-likeness (QED) is 0.881. The van der Waals surface area contributed by atoms with Crippen LogP contribution in [0.5, 0.6) is 0 Å². The number of nitrogens with one attached hydrogen (secondary N) is 1. The van der Waals surface area contributed by atoms with Gasteiger partial charge in [0.25, 0.3) is 0 Å². The third kappa shape index (κ3) is 3.39. The summed E-state index contributed by atoms with van der Waals surface area (Å²) in [5, 5.41) is 4.32. The van der Waals surface area contributed by atoms with Crippen LogP contribution >= 0.6 is 23.4 Å². The molecule has 0 saturated heterocycles. The SMILES string of the molecule is C[C@H](N[C@@H]1CCSc2ccc(Cl)cc21)c1cncc(F)c1. The summed E-state index contributed by atoms with van der Waals surface area (Å²) in [6.45, 7) is 2.03. The number of benzene rings is 1. The first-order valence-corrected chi connectivity index (χ1v) is 8.28. The van der Waals surface area contributed by atoms with E-state index >= 15 is 0 Å². The fraction of sp³-hybridized carbons (Fsp3) is 0.312. The van der Waals surface area contributed by atoms with Crippen LogP contribution in [-0.2, 0) is 0 Å². The summed E-state index contributed by atoms with van der Waals surface area (Å²) in [7, 11) is 0. The minimum absolute atomic E-state index is 0.0353. The predicted molar refractivity (Wildman–Crippen MR) is 85.3 cm³/mol. The van der Waals surface area contributed by atoms with Crippen molar-refractivity contribution in [3.63, 3.8) is 0 Å². The van der Waals surface area contributed by atoms with Crippen LogP contribution in [0.1, 0.15) is 36.6 Å². The molecule has 0 spiro atoms. The van der Waals surface area contributed by atoms with Crippen molar-refractivity contribution in [2.45, 2.75) is 30.3 Å². The zero-order valence-electron chi connectivity index (χ0n) is 11.6. The lowest BCUT2D eigenvalue weighted by Crippen LogP contribution is -2.27. The number of fused-ring (bicyclic) bond motifs is 1. The van der Waals surface area contributed by atoms with Crippen LogP contribution in [-0.4, -0.2) is 10.7 Å². The summed E-state index contributed by atoms with van der Waals surface area (Å²) in [4.78, 5) is 5.19. The average Bonchev–Trinajstić information content (AvgIpc) is 2.48. The molecule has 2 atom stereocenters. The second-order valence-electron chi connectivity index (χ2n) is 5.20. The highest BCUT2D eigenvalue weighted by molar-refractivity contribution is 7.99. The lowest BCUT2D eigenvalue weighted by atomic mass is 10.0. The van der Waals surface area contributed by atoms with Crippen molar-refractivity contribution in [1.29, 1.82) is 0 Å². The molecule has 1 aromatic carbocycles. The zero-order valence-corrected chi connectivity index (χ0v) is 13.2. The molecule has 0 fully saturated rings. The Morgan fingerprint density at radius 3 is 3.05 bits per heavy atom. The summed E-state index contributed by atoms with van der Waals surface area (Å²) in [5.41, 5.74) is 2.09. The van der Waals surface area contributed by atoms with Crippen molar-refractivity contribution < 1.29 is 4.39 Å². The molecule has 3 rings (SSSR count). The maximum atomic E-state index is 13.3. The van der Waals surface area contributed by atoms with Gasteiger partial charge in [0.15, 0.2) is 0 Å². The zero-order chi connectivity index (χ0) is 14.8. The summed E-state index contributed by atoms with van der Waals surface area (Å²) < 4.78 is 13.3. The van der Waals surface area contributed by atoms with Crippen LogP contribution in [0.3, 0.4) is 0 Å². The van der Waals surface area contributed by atoms with Gasteiger partial charge in [-0.15, -0.1) is 11.8 Å². The highest BCUT2D eigenvalue weighted by atomic mass is 35.5. The van der Waals surface area contributed by atoms with Gasteiger partial charge >= 0.3 is 0 Å². The molecule has 2 heterocycles. The molecule has 0 radical (unpaired) electrons. The highest BCUT2D eigenvalue weighted by Crippen LogP contribution is 2.38. The van der Waals surface area contributed by atoms with Crippen LogP contribution in [0.25, 0.3) is 0 Å². The van der Waals surface area contributed by atoms with Gasteiger partial charge in [0.1, 0.15) is 5.82 Å². The Bertz CT molecular complexity index is 650. The monoisotopic (exact) mass is 322 g/mol. The molecule has 0 unspecified atom stereocenters. The second-order valence-corrected chi connectivity index (χ2v) is 6.77. The Kier molecular flexibility index (Phi) is 4.48. The minimum Gasteiger partial charge on any atom is -0.303 e. The molecule has 0 saturated carbocycles. The Morgan fingerprint density at radius 1 is 1.38 bits per heavy atom. The van der Waals surface area contributed by atoms with Crippen molar-refractivity contribution in [3.05, 3.63) is 58.6 Å². The largest absolute Gasteiger partial charge is 0.303 e. The van der Waals surface area contributed by atoms with Gasteiger partial charge in [-0.05, 0) is 54.5 Å². The number of rotatable bonds is 3. The summed E-state index contributed by atoms with van der Waals surface area (Å²) in [6, 6.07) is 7.82. The topological polar surface area (TPSA) is 24.9 Å². The molecule has 2 aromatic rings. The number of hydrogen-bond donors (Lipinski definition) is 1. The lowest BCUT2D eigenvalue weighted by molar-refractivity contribution is 0.447. The minimum atomic E-state index is -0.302. The van der Waals surface area contributed by atoms with E-state index in [4.69, 9.17) is 11.6 Å². The molecule has 110 valence electrons. The lowest BCUT2D eigenvalue weighted by Gasteiger charge is -2.29. The van der Waals surface area contributed by atoms with Gasteiger partial charge in [0.2, 0.25) is 0 Å². The van der Waals surface area contributed by atoms with Gasteiger partial charge < -0.3 is 5.32 Å². The molecule has 1 aromatic heterocycles. The van der Waals surface area contributed by atoms with Gasteiger partial charge in [-0.2, -0.15) is 0 Å². The highest BCUT2D eigenvalue weighted by Gasteiger charge is 2.23. The molecule has 1 aliphatic heterocycles. The maximum Gasteiger partial charge on any atom is 0.141 e. The molecular weight excluding hydrogens is 307 g/mol. The third-order valence-electron chi connectivity index (χ3n) is 3.69. The van der Waals surface area contributed by atoms with Crippen molar-refractivity contribution >= 4 is 23.4 Å². The van der Waals surface area contributed by atoms with Crippen LogP contribution in [0.2, 0.25) is 5.02 Å². The van der Waals surface area contributed by atoms with E-state index in [-0.39, 0.29) is 17.9 Å². The number of hydrogen-bond acceptors (Lipinski definition) is 3. The van der Waals surface area contributed by atoms with Gasteiger partial charge in [0, 0.05) is 28.2 Å². The molecule has 2 nitrogen and oxygen atoms in total. The van der Waals surface area contributed by atoms with E-state index in [1.807, 2.05) is 30.8 Å². The number of thioether (sulfide) groups is 1.